The highest BCUT2D eigenvalue weighted by Crippen LogP contribution is 2.12. The van der Waals surface area contributed by atoms with Gasteiger partial charge in [0.1, 0.15) is 5.75 Å². The summed E-state index contributed by atoms with van der Waals surface area (Å²) < 4.78 is 5.05. The molecule has 6 heteroatoms. The topological polar surface area (TPSA) is 95.9 Å². The van der Waals surface area contributed by atoms with E-state index in [0.29, 0.717) is 5.75 Å². The van der Waals surface area contributed by atoms with Crippen molar-refractivity contribution in [3.8, 4) is 5.75 Å². The Morgan fingerprint density at radius 3 is 2.79 bits per heavy atom. The fourth-order valence-corrected chi connectivity index (χ4v) is 1.50. The molecule has 0 fully saturated rings. The first-order chi connectivity index (χ1) is 9.02. The zero-order valence-electron chi connectivity index (χ0n) is 10.6. The Balaban J connectivity index is 2.36. The number of methoxy groups -OCH3 is 1. The van der Waals surface area contributed by atoms with Crippen LogP contribution in [0.4, 0.5) is 0 Å². The van der Waals surface area contributed by atoms with Crippen LogP contribution in [-0.4, -0.2) is 41.8 Å². The lowest BCUT2D eigenvalue weighted by atomic mass is 10.1. The molecule has 0 saturated heterocycles. The lowest BCUT2D eigenvalue weighted by molar-refractivity contribution is -0.147. The van der Waals surface area contributed by atoms with Crippen molar-refractivity contribution in [2.45, 2.75) is 18.9 Å². The summed E-state index contributed by atoms with van der Waals surface area (Å²) in [5, 5.41) is 20.0. The van der Waals surface area contributed by atoms with Crippen LogP contribution in [0.25, 0.3) is 0 Å². The molecule has 1 aromatic carbocycles. The van der Waals surface area contributed by atoms with Crippen LogP contribution in [0.1, 0.15) is 12.0 Å². The van der Waals surface area contributed by atoms with Crippen molar-refractivity contribution < 1.29 is 24.5 Å². The highest BCUT2D eigenvalue weighted by molar-refractivity contribution is 5.78. The third-order valence-electron chi connectivity index (χ3n) is 2.52. The number of hydrogen-bond donors (Lipinski definition) is 3. The summed E-state index contributed by atoms with van der Waals surface area (Å²) in [6.07, 6.45) is -1.28. The van der Waals surface area contributed by atoms with Gasteiger partial charge in [-0.25, -0.2) is 4.79 Å². The Hall–Kier alpha value is -2.08. The van der Waals surface area contributed by atoms with E-state index >= 15 is 0 Å². The molecule has 0 heterocycles. The molecular weight excluding hydrogens is 250 g/mol. The van der Waals surface area contributed by atoms with Crippen molar-refractivity contribution in [2.24, 2.45) is 0 Å². The largest absolute Gasteiger partial charge is 0.497 e. The van der Waals surface area contributed by atoms with Crippen LogP contribution in [0.15, 0.2) is 24.3 Å². The van der Waals surface area contributed by atoms with Crippen molar-refractivity contribution in [3.63, 3.8) is 0 Å². The van der Waals surface area contributed by atoms with E-state index in [4.69, 9.17) is 14.9 Å². The second kappa shape index (κ2) is 7.38. The van der Waals surface area contributed by atoms with E-state index in [1.165, 1.54) is 0 Å². The number of carbonyl (C=O) groups is 2. The predicted molar refractivity (Wildman–Crippen MR) is 68.0 cm³/mol. The SMILES string of the molecule is COc1cccc(CC(=O)NCCC(O)C(=O)O)c1. The van der Waals surface area contributed by atoms with Gasteiger partial charge in [-0.15, -0.1) is 0 Å². The summed E-state index contributed by atoms with van der Waals surface area (Å²) in [5.74, 6) is -0.848. The minimum atomic E-state index is -1.45. The van der Waals surface area contributed by atoms with Gasteiger partial charge in [-0.3, -0.25) is 4.79 Å². The van der Waals surface area contributed by atoms with Gasteiger partial charge in [0.25, 0.3) is 0 Å². The van der Waals surface area contributed by atoms with Crippen LogP contribution in [0.5, 0.6) is 5.75 Å². The zero-order chi connectivity index (χ0) is 14.3. The molecule has 3 N–H and O–H groups in total. The highest BCUT2D eigenvalue weighted by atomic mass is 16.5. The van der Waals surface area contributed by atoms with Gasteiger partial charge in [0, 0.05) is 13.0 Å². The maximum absolute atomic E-state index is 11.6. The molecule has 0 aliphatic carbocycles. The molecule has 1 rings (SSSR count). The van der Waals surface area contributed by atoms with Gasteiger partial charge in [0.15, 0.2) is 6.10 Å². The van der Waals surface area contributed by atoms with E-state index in [1.54, 1.807) is 31.4 Å². The number of nitrogens with one attached hydrogen (secondary N) is 1. The Kier molecular flexibility index (Phi) is 5.81. The normalized spacial score (nSPS) is 11.7. The Morgan fingerprint density at radius 1 is 1.42 bits per heavy atom. The number of benzene rings is 1. The van der Waals surface area contributed by atoms with Crippen molar-refractivity contribution in [1.29, 1.82) is 0 Å². The molecule has 104 valence electrons. The first-order valence-electron chi connectivity index (χ1n) is 5.83. The van der Waals surface area contributed by atoms with Gasteiger partial charge in [0.05, 0.1) is 13.5 Å². The number of carbonyl (C=O) groups excluding carboxylic acids is 1. The number of carboxylic acid groups (broad SMARTS) is 1. The van der Waals surface area contributed by atoms with Gasteiger partial charge >= 0.3 is 5.97 Å². The van der Waals surface area contributed by atoms with Crippen LogP contribution in [0, 0.1) is 0 Å². The average molecular weight is 267 g/mol. The predicted octanol–water partition coefficient (Wildman–Crippen LogP) is 0.189. The lowest BCUT2D eigenvalue weighted by Gasteiger charge is -2.08. The first-order valence-corrected chi connectivity index (χ1v) is 5.83. The molecule has 1 unspecified atom stereocenters. The maximum Gasteiger partial charge on any atom is 0.332 e. The standard InChI is InChI=1S/C13H17NO5/c1-19-10-4-2-3-9(7-10)8-12(16)14-6-5-11(15)13(17)18/h2-4,7,11,15H,5-6,8H2,1H3,(H,14,16)(H,17,18). The van der Waals surface area contributed by atoms with Crippen LogP contribution in [0.2, 0.25) is 0 Å². The average Bonchev–Trinajstić information content (AvgIpc) is 2.38. The minimum absolute atomic E-state index is 0.0147. The molecule has 6 nitrogen and oxygen atoms in total. The number of aliphatic hydroxyl groups excluding tert-OH is 1. The highest BCUT2D eigenvalue weighted by Gasteiger charge is 2.12. The third-order valence-corrected chi connectivity index (χ3v) is 2.52. The van der Waals surface area contributed by atoms with Crippen molar-refractivity contribution in [2.75, 3.05) is 13.7 Å². The Morgan fingerprint density at radius 2 is 2.16 bits per heavy atom. The second-order valence-electron chi connectivity index (χ2n) is 4.02. The molecule has 0 aromatic heterocycles. The fourth-order valence-electron chi connectivity index (χ4n) is 1.50. The van der Waals surface area contributed by atoms with E-state index < -0.39 is 12.1 Å². The van der Waals surface area contributed by atoms with Crippen molar-refractivity contribution in [3.05, 3.63) is 29.8 Å². The number of aliphatic hydroxyl groups is 1. The molecule has 0 aliphatic heterocycles. The number of amides is 1. The summed E-state index contributed by atoms with van der Waals surface area (Å²) >= 11 is 0. The number of ether oxygens (including phenoxy) is 1. The van der Waals surface area contributed by atoms with Gasteiger partial charge in [-0.2, -0.15) is 0 Å². The van der Waals surface area contributed by atoms with Gasteiger partial charge < -0.3 is 20.3 Å². The zero-order valence-corrected chi connectivity index (χ0v) is 10.6. The van der Waals surface area contributed by atoms with Crippen LogP contribution in [-0.2, 0) is 16.0 Å². The van der Waals surface area contributed by atoms with Gasteiger partial charge in [-0.1, -0.05) is 12.1 Å². The molecule has 0 bridgehead atoms. The number of hydrogen-bond acceptors (Lipinski definition) is 4. The summed E-state index contributed by atoms with van der Waals surface area (Å²) in [6, 6.07) is 7.13. The number of carboxylic acids is 1. The smallest absolute Gasteiger partial charge is 0.332 e. The summed E-state index contributed by atoms with van der Waals surface area (Å²) in [6.45, 7) is 0.121. The minimum Gasteiger partial charge on any atom is -0.497 e. The molecule has 0 radical (unpaired) electrons. The second-order valence-corrected chi connectivity index (χ2v) is 4.02. The van der Waals surface area contributed by atoms with Crippen molar-refractivity contribution in [1.82, 2.24) is 5.32 Å². The molecule has 1 amide bonds. The van der Waals surface area contributed by atoms with E-state index in [9.17, 15) is 9.59 Å². The fraction of sp³-hybridized carbons (Fsp3) is 0.385. The van der Waals surface area contributed by atoms with E-state index in [1.807, 2.05) is 0 Å². The van der Waals surface area contributed by atoms with Gasteiger partial charge in [-0.05, 0) is 17.7 Å². The molecule has 19 heavy (non-hydrogen) atoms. The molecule has 0 spiro atoms. The van der Waals surface area contributed by atoms with E-state index in [-0.39, 0.29) is 25.3 Å². The maximum atomic E-state index is 11.6. The number of rotatable bonds is 7. The first kappa shape index (κ1) is 15.0. The lowest BCUT2D eigenvalue weighted by Crippen LogP contribution is -2.30. The van der Waals surface area contributed by atoms with E-state index in [2.05, 4.69) is 5.32 Å². The number of aliphatic carboxylic acids is 1. The molecule has 1 atom stereocenters. The molecule has 0 aliphatic rings. The third kappa shape index (κ3) is 5.39. The quantitative estimate of drug-likeness (QED) is 0.655. The van der Waals surface area contributed by atoms with Crippen LogP contribution in [0.3, 0.4) is 0 Å². The summed E-state index contributed by atoms with van der Waals surface area (Å²) in [5.41, 5.74) is 0.802. The molecular formula is C13H17NO5. The van der Waals surface area contributed by atoms with Crippen LogP contribution >= 0.6 is 0 Å². The van der Waals surface area contributed by atoms with Gasteiger partial charge in [0.2, 0.25) is 5.91 Å². The Bertz CT molecular complexity index is 446. The Labute approximate surface area is 111 Å². The summed E-state index contributed by atoms with van der Waals surface area (Å²) in [4.78, 5) is 21.9. The monoisotopic (exact) mass is 267 g/mol. The molecule has 1 aromatic rings. The van der Waals surface area contributed by atoms with E-state index in [0.717, 1.165) is 5.56 Å². The molecule has 0 saturated carbocycles. The van der Waals surface area contributed by atoms with Crippen molar-refractivity contribution >= 4 is 11.9 Å². The van der Waals surface area contributed by atoms with Crippen LogP contribution < -0.4 is 10.1 Å². The summed E-state index contributed by atoms with van der Waals surface area (Å²) in [7, 11) is 1.55.